The van der Waals surface area contributed by atoms with Crippen LogP contribution in [0.3, 0.4) is 0 Å². The summed E-state index contributed by atoms with van der Waals surface area (Å²) in [5, 5.41) is 2.81. The van der Waals surface area contributed by atoms with E-state index in [0.29, 0.717) is 5.69 Å². The molecule has 150 valence electrons. The molecule has 0 saturated heterocycles. The predicted molar refractivity (Wildman–Crippen MR) is 106 cm³/mol. The normalized spacial score (nSPS) is 11.7. The van der Waals surface area contributed by atoms with Crippen molar-refractivity contribution in [2.45, 2.75) is 26.3 Å². The fourth-order valence-corrected chi connectivity index (χ4v) is 2.87. The molecule has 6 nitrogen and oxygen atoms in total. The number of aromatic nitrogens is 2. The first-order chi connectivity index (χ1) is 14.0. The van der Waals surface area contributed by atoms with Gasteiger partial charge in [0.25, 0.3) is 5.91 Å². The van der Waals surface area contributed by atoms with Crippen LogP contribution in [0.1, 0.15) is 41.5 Å². The molecule has 0 bridgehead atoms. The van der Waals surface area contributed by atoms with Crippen molar-refractivity contribution in [2.24, 2.45) is 0 Å². The van der Waals surface area contributed by atoms with Crippen LogP contribution >= 0.6 is 0 Å². The van der Waals surface area contributed by atoms with Crippen LogP contribution in [-0.4, -0.2) is 28.0 Å². The number of esters is 1. The summed E-state index contributed by atoms with van der Waals surface area (Å²) in [7, 11) is 0. The molecule has 2 aromatic carbocycles. The zero-order chi connectivity index (χ0) is 20.8. The molecule has 1 N–H and O–H groups in total. The zero-order valence-corrected chi connectivity index (χ0v) is 16.3. The summed E-state index contributed by atoms with van der Waals surface area (Å²) in [6.45, 7) is 3.53. The van der Waals surface area contributed by atoms with Crippen LogP contribution in [0.25, 0.3) is 5.69 Å². The van der Waals surface area contributed by atoms with Gasteiger partial charge in [0.05, 0.1) is 18.6 Å². The molecule has 0 spiro atoms. The van der Waals surface area contributed by atoms with Gasteiger partial charge in [-0.15, -0.1) is 0 Å². The monoisotopic (exact) mass is 395 g/mol. The molecule has 1 atom stereocenters. The Morgan fingerprint density at radius 3 is 2.48 bits per heavy atom. The van der Waals surface area contributed by atoms with Crippen LogP contribution in [0.2, 0.25) is 0 Å². The fourth-order valence-electron chi connectivity index (χ4n) is 2.87. The Hall–Kier alpha value is -3.48. The maximum atomic E-state index is 13.1. The second-order valence-electron chi connectivity index (χ2n) is 6.59. The Morgan fingerprint density at radius 1 is 1.14 bits per heavy atom. The van der Waals surface area contributed by atoms with E-state index in [1.807, 2.05) is 31.2 Å². The minimum Gasteiger partial charge on any atom is -0.451 e. The first-order valence-electron chi connectivity index (χ1n) is 9.31. The van der Waals surface area contributed by atoms with Gasteiger partial charge in [0, 0.05) is 5.69 Å². The van der Waals surface area contributed by atoms with E-state index in [9.17, 15) is 14.0 Å². The Morgan fingerprint density at radius 2 is 1.83 bits per heavy atom. The molecule has 3 rings (SSSR count). The summed E-state index contributed by atoms with van der Waals surface area (Å²) in [5.41, 5.74) is 2.90. The van der Waals surface area contributed by atoms with Crippen LogP contribution in [0.5, 0.6) is 0 Å². The van der Waals surface area contributed by atoms with Crippen LogP contribution in [0.4, 0.5) is 4.39 Å². The van der Waals surface area contributed by atoms with E-state index < -0.39 is 18.5 Å². The number of hydrogen-bond donors (Lipinski definition) is 1. The summed E-state index contributed by atoms with van der Waals surface area (Å²) >= 11 is 0. The molecule has 7 heteroatoms. The number of halogens is 1. The second-order valence-corrected chi connectivity index (χ2v) is 6.59. The van der Waals surface area contributed by atoms with E-state index in [1.165, 1.54) is 46.9 Å². The van der Waals surface area contributed by atoms with Crippen molar-refractivity contribution in [3.05, 3.63) is 83.7 Å². The molecule has 0 aliphatic rings. The molecule has 1 heterocycles. The standard InChI is InChI=1S/C22H22FN3O3/c1-3-16-4-6-17(7-5-16)15(2)25-21(27)13-29-22(28)20-12-24-14-26(20)19-10-8-18(23)9-11-19/h4-12,14-15H,3,13H2,1-2H3,(H,25,27). The highest BCUT2D eigenvalue weighted by molar-refractivity contribution is 5.90. The lowest BCUT2D eigenvalue weighted by molar-refractivity contribution is -0.124. The van der Waals surface area contributed by atoms with Crippen LogP contribution in [-0.2, 0) is 16.0 Å². The molecule has 29 heavy (non-hydrogen) atoms. The molecule has 1 unspecified atom stereocenters. The molecule has 0 aliphatic carbocycles. The number of imidazole rings is 1. The summed E-state index contributed by atoms with van der Waals surface area (Å²) in [5.74, 6) is -1.48. The molecule has 1 amide bonds. The van der Waals surface area contributed by atoms with Gasteiger partial charge >= 0.3 is 5.97 Å². The number of ether oxygens (including phenoxy) is 1. The van der Waals surface area contributed by atoms with E-state index in [1.54, 1.807) is 0 Å². The lowest BCUT2D eigenvalue weighted by Gasteiger charge is -2.15. The number of rotatable bonds is 7. The number of nitrogens with zero attached hydrogens (tertiary/aromatic N) is 2. The van der Waals surface area contributed by atoms with Gasteiger partial charge in [-0.05, 0) is 48.7 Å². The van der Waals surface area contributed by atoms with E-state index in [-0.39, 0.29) is 17.6 Å². The average Bonchev–Trinajstić information content (AvgIpc) is 3.22. The molecule has 0 saturated carbocycles. The SMILES string of the molecule is CCc1ccc(C(C)NC(=O)COC(=O)c2cncn2-c2ccc(F)cc2)cc1. The molecule has 1 aromatic heterocycles. The van der Waals surface area contributed by atoms with E-state index in [4.69, 9.17) is 4.74 Å². The van der Waals surface area contributed by atoms with E-state index >= 15 is 0 Å². The van der Waals surface area contributed by atoms with E-state index in [2.05, 4.69) is 17.2 Å². The summed E-state index contributed by atoms with van der Waals surface area (Å²) in [6.07, 6.45) is 3.71. The van der Waals surface area contributed by atoms with Crippen molar-refractivity contribution in [3.8, 4) is 5.69 Å². The number of aryl methyl sites for hydroxylation is 1. The minimum absolute atomic E-state index is 0.146. The van der Waals surface area contributed by atoms with Gasteiger partial charge in [-0.25, -0.2) is 14.2 Å². The summed E-state index contributed by atoms with van der Waals surface area (Å²) in [6, 6.07) is 13.4. The average molecular weight is 395 g/mol. The largest absolute Gasteiger partial charge is 0.451 e. The summed E-state index contributed by atoms with van der Waals surface area (Å²) in [4.78, 5) is 28.5. The smallest absolute Gasteiger partial charge is 0.357 e. The Bertz CT molecular complexity index is 981. The predicted octanol–water partition coefficient (Wildman–Crippen LogP) is 3.61. The van der Waals surface area contributed by atoms with Crippen molar-refractivity contribution in [3.63, 3.8) is 0 Å². The second kappa shape index (κ2) is 9.14. The zero-order valence-electron chi connectivity index (χ0n) is 16.3. The van der Waals surface area contributed by atoms with E-state index in [0.717, 1.165) is 12.0 Å². The van der Waals surface area contributed by atoms with Gasteiger partial charge < -0.3 is 10.1 Å². The van der Waals surface area contributed by atoms with Crippen LogP contribution < -0.4 is 5.32 Å². The van der Waals surface area contributed by atoms with Gasteiger partial charge in [-0.1, -0.05) is 31.2 Å². The van der Waals surface area contributed by atoms with Crippen LogP contribution in [0, 0.1) is 5.82 Å². The third kappa shape index (κ3) is 5.07. The maximum Gasteiger partial charge on any atom is 0.357 e. The first kappa shape index (κ1) is 20.3. The van der Waals surface area contributed by atoms with Gasteiger partial charge in [0.15, 0.2) is 12.3 Å². The lowest BCUT2D eigenvalue weighted by atomic mass is 10.1. The van der Waals surface area contributed by atoms with Crippen molar-refractivity contribution in [1.29, 1.82) is 0 Å². The molecular weight excluding hydrogens is 373 g/mol. The van der Waals surface area contributed by atoms with Crippen molar-refractivity contribution in [1.82, 2.24) is 14.9 Å². The van der Waals surface area contributed by atoms with Gasteiger partial charge in [0.1, 0.15) is 5.82 Å². The third-order valence-corrected chi connectivity index (χ3v) is 4.55. The molecule has 0 radical (unpaired) electrons. The Balaban J connectivity index is 1.57. The van der Waals surface area contributed by atoms with Crippen molar-refractivity contribution < 1.29 is 18.7 Å². The van der Waals surface area contributed by atoms with Crippen molar-refractivity contribution in [2.75, 3.05) is 6.61 Å². The topological polar surface area (TPSA) is 73.2 Å². The van der Waals surface area contributed by atoms with Gasteiger partial charge in [-0.3, -0.25) is 9.36 Å². The van der Waals surface area contributed by atoms with Crippen LogP contribution in [0.15, 0.2) is 61.1 Å². The quantitative estimate of drug-likeness (QED) is 0.621. The molecule has 0 fully saturated rings. The maximum absolute atomic E-state index is 13.1. The van der Waals surface area contributed by atoms with Gasteiger partial charge in [-0.2, -0.15) is 0 Å². The molecule has 3 aromatic rings. The number of benzene rings is 2. The number of amides is 1. The lowest BCUT2D eigenvalue weighted by Crippen LogP contribution is -2.31. The van der Waals surface area contributed by atoms with Gasteiger partial charge in [0.2, 0.25) is 0 Å². The molecular formula is C22H22FN3O3. The Kier molecular flexibility index (Phi) is 6.39. The third-order valence-electron chi connectivity index (χ3n) is 4.55. The number of carbonyl (C=O) groups excluding carboxylic acids is 2. The number of nitrogens with one attached hydrogen (secondary N) is 1. The summed E-state index contributed by atoms with van der Waals surface area (Å²) < 4.78 is 19.7. The minimum atomic E-state index is -0.693. The highest BCUT2D eigenvalue weighted by Crippen LogP contribution is 2.15. The van der Waals surface area contributed by atoms with Crippen molar-refractivity contribution >= 4 is 11.9 Å². The molecule has 0 aliphatic heterocycles. The highest BCUT2D eigenvalue weighted by Gasteiger charge is 2.17. The first-order valence-corrected chi connectivity index (χ1v) is 9.31. The fraction of sp³-hybridized carbons (Fsp3) is 0.227. The number of carbonyl (C=O) groups is 2. The highest BCUT2D eigenvalue weighted by atomic mass is 19.1. The Labute approximate surface area is 168 Å². The number of hydrogen-bond acceptors (Lipinski definition) is 4.